The van der Waals surface area contributed by atoms with Gasteiger partial charge in [0.1, 0.15) is 24.3 Å². The molecule has 0 aliphatic carbocycles. The smallest absolute Gasteiger partial charge is 0.139 e. The van der Waals surface area contributed by atoms with Crippen LogP contribution in [-0.4, -0.2) is 39.1 Å². The van der Waals surface area contributed by atoms with Gasteiger partial charge < -0.3 is 19.5 Å². The van der Waals surface area contributed by atoms with Crippen LogP contribution in [0.15, 0.2) is 36.7 Å². The maximum Gasteiger partial charge on any atom is 0.139 e. The van der Waals surface area contributed by atoms with Crippen molar-refractivity contribution in [1.29, 1.82) is 0 Å². The van der Waals surface area contributed by atoms with E-state index in [0.717, 1.165) is 11.4 Å². The van der Waals surface area contributed by atoms with Crippen molar-refractivity contribution in [2.24, 2.45) is 7.05 Å². The Hall–Kier alpha value is -1.85. The first kappa shape index (κ1) is 12.6. The third-order valence-corrected chi connectivity index (χ3v) is 2.59. The molecule has 5 nitrogen and oxygen atoms in total. The number of ether oxygens (including phenoxy) is 1. The lowest BCUT2D eigenvalue weighted by Crippen LogP contribution is -2.21. The fraction of sp³-hybridized carbons (Fsp3) is 0.308. The average Bonchev–Trinajstić information content (AvgIpc) is 2.83. The predicted octanol–water partition coefficient (Wildman–Crippen LogP) is 0.819. The summed E-state index contributed by atoms with van der Waals surface area (Å²) in [4.78, 5) is 4.25. The molecule has 1 heterocycles. The van der Waals surface area contributed by atoms with Gasteiger partial charge in [0.05, 0.1) is 6.61 Å². The van der Waals surface area contributed by atoms with Gasteiger partial charge in [0.25, 0.3) is 0 Å². The van der Waals surface area contributed by atoms with Crippen molar-refractivity contribution in [2.75, 3.05) is 13.2 Å². The van der Waals surface area contributed by atoms with Crippen molar-refractivity contribution in [2.45, 2.75) is 6.10 Å². The Morgan fingerprint density at radius 2 is 2.06 bits per heavy atom. The number of aromatic nitrogens is 2. The van der Waals surface area contributed by atoms with Crippen LogP contribution in [0, 0.1) is 0 Å². The number of aryl methyl sites for hydroxylation is 1. The molecule has 18 heavy (non-hydrogen) atoms. The van der Waals surface area contributed by atoms with E-state index in [2.05, 4.69) is 4.98 Å². The summed E-state index contributed by atoms with van der Waals surface area (Å²) in [5.74, 6) is 1.54. The number of hydrogen-bond donors (Lipinski definition) is 2. The lowest BCUT2D eigenvalue weighted by molar-refractivity contribution is 0.0536. The molecule has 0 saturated heterocycles. The number of aliphatic hydroxyl groups excluding tert-OH is 2. The van der Waals surface area contributed by atoms with E-state index in [9.17, 15) is 5.11 Å². The van der Waals surface area contributed by atoms with Crippen molar-refractivity contribution >= 4 is 0 Å². The largest absolute Gasteiger partial charge is 0.491 e. The Morgan fingerprint density at radius 1 is 1.33 bits per heavy atom. The third kappa shape index (κ3) is 2.88. The van der Waals surface area contributed by atoms with Gasteiger partial charge >= 0.3 is 0 Å². The summed E-state index contributed by atoms with van der Waals surface area (Å²) in [5, 5.41) is 17.8. The van der Waals surface area contributed by atoms with E-state index in [1.165, 1.54) is 0 Å². The summed E-state index contributed by atoms with van der Waals surface area (Å²) in [5.41, 5.74) is 0.998. The molecule has 0 fully saturated rings. The SMILES string of the molecule is Cn1ccnc1-c1ccc(OCC(O)CO)cc1. The standard InChI is InChI=1S/C13H16N2O3/c1-15-7-6-14-13(15)10-2-4-12(5-3-10)18-9-11(17)8-16/h2-7,11,16-17H,8-9H2,1H3. The highest BCUT2D eigenvalue weighted by atomic mass is 16.5. The Labute approximate surface area is 105 Å². The van der Waals surface area contributed by atoms with Crippen LogP contribution >= 0.6 is 0 Å². The lowest BCUT2D eigenvalue weighted by atomic mass is 10.2. The number of benzene rings is 1. The number of hydrogen-bond acceptors (Lipinski definition) is 4. The van der Waals surface area contributed by atoms with Crippen LogP contribution in [0.25, 0.3) is 11.4 Å². The first-order valence-corrected chi connectivity index (χ1v) is 5.70. The van der Waals surface area contributed by atoms with Crippen LogP contribution in [0.5, 0.6) is 5.75 Å². The first-order valence-electron chi connectivity index (χ1n) is 5.70. The summed E-state index contributed by atoms with van der Waals surface area (Å²) in [6.07, 6.45) is 2.79. The van der Waals surface area contributed by atoms with E-state index in [1.54, 1.807) is 6.20 Å². The Bertz CT molecular complexity index is 493. The molecule has 0 spiro atoms. The van der Waals surface area contributed by atoms with E-state index in [1.807, 2.05) is 42.1 Å². The van der Waals surface area contributed by atoms with Gasteiger partial charge in [0.15, 0.2) is 0 Å². The fourth-order valence-corrected chi connectivity index (χ4v) is 1.59. The van der Waals surface area contributed by atoms with E-state index >= 15 is 0 Å². The number of aliphatic hydroxyl groups is 2. The quantitative estimate of drug-likeness (QED) is 0.822. The predicted molar refractivity (Wildman–Crippen MR) is 67.2 cm³/mol. The minimum atomic E-state index is -0.848. The van der Waals surface area contributed by atoms with Gasteiger partial charge in [0.2, 0.25) is 0 Å². The van der Waals surface area contributed by atoms with Crippen LogP contribution in [0.1, 0.15) is 0 Å². The first-order chi connectivity index (χ1) is 8.70. The number of nitrogens with zero attached hydrogens (tertiary/aromatic N) is 2. The maximum absolute atomic E-state index is 9.17. The van der Waals surface area contributed by atoms with Crippen LogP contribution in [0.3, 0.4) is 0 Å². The van der Waals surface area contributed by atoms with Crippen LogP contribution in [-0.2, 0) is 7.05 Å². The van der Waals surface area contributed by atoms with Crippen LogP contribution < -0.4 is 4.74 Å². The van der Waals surface area contributed by atoms with E-state index in [0.29, 0.717) is 5.75 Å². The van der Waals surface area contributed by atoms with Crippen molar-refractivity contribution in [3.05, 3.63) is 36.7 Å². The second kappa shape index (κ2) is 5.66. The van der Waals surface area contributed by atoms with Crippen LogP contribution in [0.2, 0.25) is 0 Å². The van der Waals surface area contributed by atoms with Gasteiger partial charge in [0, 0.05) is 25.0 Å². The summed E-state index contributed by atoms with van der Waals surface area (Å²) in [6.45, 7) is -0.219. The average molecular weight is 248 g/mol. The highest BCUT2D eigenvalue weighted by Gasteiger charge is 2.05. The van der Waals surface area contributed by atoms with E-state index in [-0.39, 0.29) is 13.2 Å². The Morgan fingerprint density at radius 3 is 2.61 bits per heavy atom. The molecule has 2 aromatic rings. The molecule has 0 aliphatic heterocycles. The van der Waals surface area contributed by atoms with Crippen molar-refractivity contribution in [1.82, 2.24) is 9.55 Å². The zero-order chi connectivity index (χ0) is 13.0. The Kier molecular flexibility index (Phi) is 3.96. The second-order valence-electron chi connectivity index (χ2n) is 4.03. The molecule has 0 bridgehead atoms. The summed E-state index contributed by atoms with van der Waals surface area (Å²) < 4.78 is 7.26. The van der Waals surface area contributed by atoms with E-state index < -0.39 is 6.10 Å². The van der Waals surface area contributed by atoms with Crippen LogP contribution in [0.4, 0.5) is 0 Å². The molecular formula is C13H16N2O3. The highest BCUT2D eigenvalue weighted by Crippen LogP contribution is 2.20. The molecule has 0 saturated carbocycles. The van der Waals surface area contributed by atoms with E-state index in [4.69, 9.17) is 9.84 Å². The number of rotatable bonds is 5. The molecule has 0 radical (unpaired) electrons. The lowest BCUT2D eigenvalue weighted by Gasteiger charge is -2.10. The molecule has 2 rings (SSSR count). The molecule has 1 aromatic heterocycles. The maximum atomic E-state index is 9.17. The normalized spacial score (nSPS) is 12.4. The summed E-state index contributed by atoms with van der Waals surface area (Å²) >= 11 is 0. The molecule has 0 amide bonds. The summed E-state index contributed by atoms with van der Waals surface area (Å²) in [7, 11) is 1.93. The topological polar surface area (TPSA) is 67.5 Å². The molecule has 2 N–H and O–H groups in total. The fourth-order valence-electron chi connectivity index (χ4n) is 1.59. The molecular weight excluding hydrogens is 232 g/mol. The number of imidazole rings is 1. The van der Waals surface area contributed by atoms with Crippen molar-refractivity contribution in [3.63, 3.8) is 0 Å². The molecule has 1 atom stereocenters. The second-order valence-corrected chi connectivity index (χ2v) is 4.03. The van der Waals surface area contributed by atoms with Gasteiger partial charge in [-0.05, 0) is 24.3 Å². The molecule has 0 aliphatic rings. The molecule has 5 heteroatoms. The highest BCUT2D eigenvalue weighted by molar-refractivity contribution is 5.56. The van der Waals surface area contributed by atoms with Gasteiger partial charge in [-0.3, -0.25) is 0 Å². The van der Waals surface area contributed by atoms with Gasteiger partial charge in [-0.1, -0.05) is 0 Å². The third-order valence-electron chi connectivity index (χ3n) is 2.59. The molecule has 96 valence electrons. The Balaban J connectivity index is 2.04. The zero-order valence-electron chi connectivity index (χ0n) is 10.2. The zero-order valence-corrected chi connectivity index (χ0v) is 10.2. The van der Waals surface area contributed by atoms with Gasteiger partial charge in [-0.2, -0.15) is 0 Å². The summed E-state index contributed by atoms with van der Waals surface area (Å²) in [6, 6.07) is 7.44. The minimum Gasteiger partial charge on any atom is -0.491 e. The molecule has 1 aromatic carbocycles. The minimum absolute atomic E-state index is 0.0816. The van der Waals surface area contributed by atoms with Gasteiger partial charge in [-0.25, -0.2) is 4.98 Å². The van der Waals surface area contributed by atoms with Gasteiger partial charge in [-0.15, -0.1) is 0 Å². The van der Waals surface area contributed by atoms with Crippen molar-refractivity contribution < 1.29 is 14.9 Å². The van der Waals surface area contributed by atoms with Crippen molar-refractivity contribution in [3.8, 4) is 17.1 Å². The monoisotopic (exact) mass is 248 g/mol. The molecule has 1 unspecified atom stereocenters.